The van der Waals surface area contributed by atoms with Gasteiger partial charge in [0.25, 0.3) is 5.91 Å². The molecule has 6 nitrogen and oxygen atoms in total. The van der Waals surface area contributed by atoms with Crippen molar-refractivity contribution in [1.29, 1.82) is 0 Å². The van der Waals surface area contributed by atoms with E-state index in [0.717, 1.165) is 16.9 Å². The van der Waals surface area contributed by atoms with Gasteiger partial charge in [0.05, 0.1) is 23.5 Å². The van der Waals surface area contributed by atoms with Gasteiger partial charge in [-0.2, -0.15) is 5.10 Å². The van der Waals surface area contributed by atoms with Gasteiger partial charge in [-0.05, 0) is 42.0 Å². The van der Waals surface area contributed by atoms with Crippen molar-refractivity contribution >= 4 is 23.2 Å². The molecule has 0 radical (unpaired) electrons. The van der Waals surface area contributed by atoms with E-state index in [9.17, 15) is 4.79 Å². The minimum absolute atomic E-state index is 0.301. The van der Waals surface area contributed by atoms with Crippen LogP contribution in [-0.4, -0.2) is 23.2 Å². The standard InChI is InChI=1S/C19H17ClN4O2/c1-12(13-7-9-14(26-2)10-8-13)21-24-19(25)18-11-17(22-23-18)15-5-3-4-6-16(15)20/h3-11,21H,1H2,2H3,(H,22,23)(H,24,25). The molecule has 0 saturated carbocycles. The number of carbonyl (C=O) groups excluding carboxylic acids is 1. The summed E-state index contributed by atoms with van der Waals surface area (Å²) in [5.74, 6) is 0.376. The third-order valence-electron chi connectivity index (χ3n) is 3.74. The van der Waals surface area contributed by atoms with E-state index >= 15 is 0 Å². The molecular formula is C19H17ClN4O2. The summed E-state index contributed by atoms with van der Waals surface area (Å²) < 4.78 is 5.11. The fourth-order valence-electron chi connectivity index (χ4n) is 2.31. The average Bonchev–Trinajstić information content (AvgIpc) is 3.16. The van der Waals surface area contributed by atoms with Crippen molar-refractivity contribution < 1.29 is 9.53 Å². The van der Waals surface area contributed by atoms with E-state index in [4.69, 9.17) is 16.3 Å². The topological polar surface area (TPSA) is 79.0 Å². The molecule has 0 aliphatic rings. The number of hydrogen-bond donors (Lipinski definition) is 3. The van der Waals surface area contributed by atoms with Crippen LogP contribution in [0.5, 0.6) is 5.75 Å². The molecule has 2 aromatic carbocycles. The molecule has 1 heterocycles. The van der Waals surface area contributed by atoms with Crippen LogP contribution in [0.1, 0.15) is 16.1 Å². The normalized spacial score (nSPS) is 10.2. The van der Waals surface area contributed by atoms with Gasteiger partial charge < -0.3 is 4.74 Å². The molecule has 0 atom stereocenters. The average molecular weight is 369 g/mol. The van der Waals surface area contributed by atoms with E-state index < -0.39 is 0 Å². The van der Waals surface area contributed by atoms with Crippen molar-refractivity contribution in [1.82, 2.24) is 21.0 Å². The number of hydrazine groups is 1. The lowest BCUT2D eigenvalue weighted by Crippen LogP contribution is -2.36. The molecule has 0 aliphatic heterocycles. The van der Waals surface area contributed by atoms with Crippen molar-refractivity contribution in [3.05, 3.63) is 77.5 Å². The van der Waals surface area contributed by atoms with Crippen molar-refractivity contribution in [3.8, 4) is 17.0 Å². The number of aromatic amines is 1. The van der Waals surface area contributed by atoms with Crippen LogP contribution < -0.4 is 15.6 Å². The van der Waals surface area contributed by atoms with Gasteiger partial charge in [0.2, 0.25) is 0 Å². The number of hydrogen-bond acceptors (Lipinski definition) is 4. The molecule has 3 rings (SSSR count). The SMILES string of the molecule is C=C(NNC(=O)c1cc(-c2ccccc2Cl)n[nH]1)c1ccc(OC)cc1. The highest BCUT2D eigenvalue weighted by Crippen LogP contribution is 2.26. The Labute approximate surface area is 155 Å². The summed E-state index contributed by atoms with van der Waals surface area (Å²) in [4.78, 5) is 12.3. The lowest BCUT2D eigenvalue weighted by atomic mass is 10.1. The van der Waals surface area contributed by atoms with Crippen LogP contribution in [-0.2, 0) is 0 Å². The first-order chi connectivity index (χ1) is 12.6. The van der Waals surface area contributed by atoms with Gasteiger partial charge in [-0.1, -0.05) is 36.4 Å². The largest absolute Gasteiger partial charge is 0.497 e. The van der Waals surface area contributed by atoms with Crippen LogP contribution in [0.15, 0.2) is 61.2 Å². The summed E-state index contributed by atoms with van der Waals surface area (Å²) >= 11 is 6.15. The Morgan fingerprint density at radius 1 is 1.15 bits per heavy atom. The third-order valence-corrected chi connectivity index (χ3v) is 4.07. The maximum absolute atomic E-state index is 12.3. The summed E-state index contributed by atoms with van der Waals surface area (Å²) in [7, 11) is 1.60. The second kappa shape index (κ2) is 7.76. The number of ether oxygens (including phenoxy) is 1. The van der Waals surface area contributed by atoms with E-state index in [0.29, 0.717) is 22.1 Å². The zero-order chi connectivity index (χ0) is 18.5. The van der Waals surface area contributed by atoms with Gasteiger partial charge in [0.15, 0.2) is 0 Å². The minimum atomic E-state index is -0.370. The fourth-order valence-corrected chi connectivity index (χ4v) is 2.54. The Morgan fingerprint density at radius 2 is 1.88 bits per heavy atom. The summed E-state index contributed by atoms with van der Waals surface area (Å²) in [5, 5.41) is 7.41. The number of benzene rings is 2. The van der Waals surface area contributed by atoms with Crippen molar-refractivity contribution in [2.45, 2.75) is 0 Å². The predicted molar refractivity (Wildman–Crippen MR) is 102 cm³/mol. The van der Waals surface area contributed by atoms with E-state index in [-0.39, 0.29) is 5.91 Å². The Bertz CT molecular complexity index is 935. The van der Waals surface area contributed by atoms with Gasteiger partial charge in [-0.25, -0.2) is 0 Å². The lowest BCUT2D eigenvalue weighted by Gasteiger charge is -2.11. The molecule has 0 saturated heterocycles. The van der Waals surface area contributed by atoms with Gasteiger partial charge in [-0.3, -0.25) is 20.7 Å². The van der Waals surface area contributed by atoms with Crippen LogP contribution in [0, 0.1) is 0 Å². The maximum Gasteiger partial charge on any atom is 0.287 e. The highest BCUT2D eigenvalue weighted by Gasteiger charge is 2.12. The van der Waals surface area contributed by atoms with Gasteiger partial charge in [-0.15, -0.1) is 0 Å². The van der Waals surface area contributed by atoms with E-state index in [1.54, 1.807) is 19.2 Å². The molecule has 0 unspecified atom stereocenters. The van der Waals surface area contributed by atoms with E-state index in [2.05, 4.69) is 27.6 Å². The van der Waals surface area contributed by atoms with E-state index in [1.807, 2.05) is 42.5 Å². The highest BCUT2D eigenvalue weighted by atomic mass is 35.5. The number of amides is 1. The minimum Gasteiger partial charge on any atom is -0.497 e. The number of halogens is 1. The quantitative estimate of drug-likeness (QED) is 0.580. The summed E-state index contributed by atoms with van der Waals surface area (Å²) in [5.41, 5.74) is 8.39. The van der Waals surface area contributed by atoms with Gasteiger partial charge >= 0.3 is 0 Å². The maximum atomic E-state index is 12.3. The van der Waals surface area contributed by atoms with Crippen molar-refractivity contribution in [3.63, 3.8) is 0 Å². The fraction of sp³-hybridized carbons (Fsp3) is 0.0526. The first kappa shape index (κ1) is 17.6. The van der Waals surface area contributed by atoms with Crippen LogP contribution in [0.3, 0.4) is 0 Å². The van der Waals surface area contributed by atoms with Crippen molar-refractivity contribution in [2.75, 3.05) is 7.11 Å². The van der Waals surface area contributed by atoms with Crippen LogP contribution in [0.2, 0.25) is 5.02 Å². The molecule has 0 bridgehead atoms. The zero-order valence-corrected chi connectivity index (χ0v) is 14.8. The second-order valence-corrected chi connectivity index (χ2v) is 5.84. The molecule has 7 heteroatoms. The summed E-state index contributed by atoms with van der Waals surface area (Å²) in [6.45, 7) is 3.90. The second-order valence-electron chi connectivity index (χ2n) is 5.43. The number of H-pyrrole nitrogens is 1. The Morgan fingerprint density at radius 3 is 2.58 bits per heavy atom. The number of aromatic nitrogens is 2. The molecule has 132 valence electrons. The number of methoxy groups -OCH3 is 1. The molecule has 26 heavy (non-hydrogen) atoms. The molecule has 0 spiro atoms. The molecule has 0 aliphatic carbocycles. The van der Waals surface area contributed by atoms with E-state index in [1.165, 1.54) is 0 Å². The predicted octanol–water partition coefficient (Wildman–Crippen LogP) is 3.64. The monoisotopic (exact) mass is 368 g/mol. The van der Waals surface area contributed by atoms with Crippen LogP contribution >= 0.6 is 11.6 Å². The zero-order valence-electron chi connectivity index (χ0n) is 14.0. The smallest absolute Gasteiger partial charge is 0.287 e. The van der Waals surface area contributed by atoms with Crippen LogP contribution in [0.4, 0.5) is 0 Å². The first-order valence-corrected chi connectivity index (χ1v) is 8.16. The molecule has 1 amide bonds. The number of nitrogens with one attached hydrogen (secondary N) is 3. The van der Waals surface area contributed by atoms with Gasteiger partial charge in [0, 0.05) is 5.56 Å². The molecule has 0 fully saturated rings. The van der Waals surface area contributed by atoms with Crippen LogP contribution in [0.25, 0.3) is 17.0 Å². The Hall–Kier alpha value is -3.25. The molecular weight excluding hydrogens is 352 g/mol. The molecule has 1 aromatic heterocycles. The molecule has 3 N–H and O–H groups in total. The lowest BCUT2D eigenvalue weighted by molar-refractivity contribution is 0.0937. The van der Waals surface area contributed by atoms with Gasteiger partial charge in [0.1, 0.15) is 11.4 Å². The number of rotatable bonds is 6. The summed E-state index contributed by atoms with van der Waals surface area (Å²) in [6, 6.07) is 16.2. The molecule has 3 aromatic rings. The Balaban J connectivity index is 1.63. The first-order valence-electron chi connectivity index (χ1n) is 7.78. The number of carbonyl (C=O) groups is 1. The van der Waals surface area contributed by atoms with Crippen molar-refractivity contribution in [2.24, 2.45) is 0 Å². The highest BCUT2D eigenvalue weighted by molar-refractivity contribution is 6.33. The third kappa shape index (κ3) is 3.87. The Kier molecular flexibility index (Phi) is 5.24. The summed E-state index contributed by atoms with van der Waals surface area (Å²) in [6.07, 6.45) is 0. The number of nitrogens with zero attached hydrogens (tertiary/aromatic N) is 1.